The monoisotopic (exact) mass is 462 g/mol. The van der Waals surface area contributed by atoms with Crippen molar-refractivity contribution in [3.8, 4) is 5.75 Å². The van der Waals surface area contributed by atoms with Crippen LogP contribution in [-0.2, 0) is 11.3 Å². The second-order valence-electron chi connectivity index (χ2n) is 7.94. The predicted molar refractivity (Wildman–Crippen MR) is 135 cm³/mol. The molecular formula is C26H30N4O2S. The van der Waals surface area contributed by atoms with Crippen LogP contribution in [0, 0.1) is 0 Å². The molecule has 0 saturated carbocycles. The summed E-state index contributed by atoms with van der Waals surface area (Å²) in [4.78, 5) is 22.2. The molecule has 2 aromatic heterocycles. The second kappa shape index (κ2) is 12.2. The van der Waals surface area contributed by atoms with Crippen LogP contribution in [0.15, 0.2) is 72.3 Å². The predicted octanol–water partition coefficient (Wildman–Crippen LogP) is 4.06. The number of nitrogens with zero attached hydrogens (tertiary/aromatic N) is 3. The molecule has 6 nitrogen and oxygen atoms in total. The van der Waals surface area contributed by atoms with Gasteiger partial charge in [-0.05, 0) is 53.8 Å². The van der Waals surface area contributed by atoms with E-state index in [1.165, 1.54) is 5.56 Å². The van der Waals surface area contributed by atoms with Crippen LogP contribution in [0.2, 0.25) is 0 Å². The van der Waals surface area contributed by atoms with Gasteiger partial charge >= 0.3 is 0 Å². The van der Waals surface area contributed by atoms with Gasteiger partial charge in [-0.15, -0.1) is 11.3 Å². The largest absolute Gasteiger partial charge is 0.494 e. The number of carbonyl (C=O) groups excluding carboxylic acids is 1. The standard InChI is InChI=1S/C26H30N4O2S/c31-26(12-11-24-5-3-20-33-24)28-14-4-19-32-23-9-7-22(8-10-23)21-29-15-17-30(18-16-29)25-6-1-2-13-27-25/h1-3,5-13,20H,4,14-19,21H2,(H,28,31)/b12-11+. The van der Waals surface area contributed by atoms with Crippen molar-refractivity contribution in [1.29, 1.82) is 0 Å². The lowest BCUT2D eigenvalue weighted by Crippen LogP contribution is -2.46. The molecule has 3 heterocycles. The van der Waals surface area contributed by atoms with Gasteiger partial charge in [-0.2, -0.15) is 0 Å². The molecule has 0 unspecified atom stereocenters. The number of carbonyl (C=O) groups is 1. The highest BCUT2D eigenvalue weighted by molar-refractivity contribution is 7.10. The first-order valence-electron chi connectivity index (χ1n) is 11.4. The van der Waals surface area contributed by atoms with Crippen LogP contribution < -0.4 is 15.0 Å². The summed E-state index contributed by atoms with van der Waals surface area (Å²) in [5, 5.41) is 4.88. The van der Waals surface area contributed by atoms with Gasteiger partial charge in [-0.25, -0.2) is 4.98 Å². The maximum atomic E-state index is 11.8. The molecule has 33 heavy (non-hydrogen) atoms. The summed E-state index contributed by atoms with van der Waals surface area (Å²) >= 11 is 1.61. The van der Waals surface area contributed by atoms with Gasteiger partial charge in [0.25, 0.3) is 0 Å². The summed E-state index contributed by atoms with van der Waals surface area (Å²) in [6.07, 6.45) is 6.02. The number of rotatable bonds is 10. The second-order valence-corrected chi connectivity index (χ2v) is 8.92. The molecule has 1 fully saturated rings. The third-order valence-electron chi connectivity index (χ3n) is 5.51. The third kappa shape index (κ3) is 7.44. The molecule has 1 saturated heterocycles. The summed E-state index contributed by atoms with van der Waals surface area (Å²) < 4.78 is 5.82. The van der Waals surface area contributed by atoms with Crippen molar-refractivity contribution < 1.29 is 9.53 Å². The SMILES string of the molecule is O=C(/C=C/c1cccs1)NCCCOc1ccc(CN2CCN(c3ccccn3)CC2)cc1. The van der Waals surface area contributed by atoms with Crippen LogP contribution in [-0.4, -0.2) is 55.1 Å². The molecule has 1 N–H and O–H groups in total. The van der Waals surface area contributed by atoms with E-state index in [1.54, 1.807) is 17.4 Å². The molecule has 3 aromatic rings. The van der Waals surface area contributed by atoms with Gasteiger partial charge in [0.1, 0.15) is 11.6 Å². The molecule has 0 aliphatic carbocycles. The number of benzene rings is 1. The average molecular weight is 463 g/mol. The zero-order chi connectivity index (χ0) is 22.7. The Kier molecular flexibility index (Phi) is 8.49. The number of pyridine rings is 1. The lowest BCUT2D eigenvalue weighted by Gasteiger charge is -2.35. The van der Waals surface area contributed by atoms with Gasteiger partial charge in [-0.1, -0.05) is 24.3 Å². The van der Waals surface area contributed by atoms with Crippen LogP contribution in [0.25, 0.3) is 6.08 Å². The Morgan fingerprint density at radius 2 is 1.91 bits per heavy atom. The number of aromatic nitrogens is 1. The Bertz CT molecular complexity index is 999. The molecule has 0 radical (unpaired) electrons. The normalized spacial score (nSPS) is 14.5. The maximum absolute atomic E-state index is 11.8. The fraction of sp³-hybridized carbons (Fsp3) is 0.308. The van der Waals surface area contributed by atoms with Crippen molar-refractivity contribution in [3.63, 3.8) is 0 Å². The van der Waals surface area contributed by atoms with Gasteiger partial charge in [0.05, 0.1) is 6.61 Å². The fourth-order valence-electron chi connectivity index (χ4n) is 3.70. The quantitative estimate of drug-likeness (QED) is 0.364. The minimum absolute atomic E-state index is 0.0754. The van der Waals surface area contributed by atoms with Crippen LogP contribution in [0.4, 0.5) is 5.82 Å². The minimum atomic E-state index is -0.0754. The molecule has 7 heteroatoms. The van der Waals surface area contributed by atoms with E-state index in [-0.39, 0.29) is 5.91 Å². The van der Waals surface area contributed by atoms with Gasteiger partial charge in [0.15, 0.2) is 0 Å². The third-order valence-corrected chi connectivity index (χ3v) is 6.34. The van der Waals surface area contributed by atoms with E-state index < -0.39 is 0 Å². The van der Waals surface area contributed by atoms with E-state index in [0.717, 1.165) is 55.6 Å². The van der Waals surface area contributed by atoms with Gasteiger partial charge in [-0.3, -0.25) is 9.69 Å². The average Bonchev–Trinajstić information content (AvgIpc) is 3.38. The van der Waals surface area contributed by atoms with Gasteiger partial charge in [0, 0.05) is 56.4 Å². The summed E-state index contributed by atoms with van der Waals surface area (Å²) in [5.41, 5.74) is 1.29. The zero-order valence-corrected chi connectivity index (χ0v) is 19.5. The molecule has 1 amide bonds. The van der Waals surface area contributed by atoms with E-state index in [9.17, 15) is 4.79 Å². The van der Waals surface area contributed by atoms with E-state index in [0.29, 0.717) is 13.2 Å². The van der Waals surface area contributed by atoms with E-state index in [2.05, 4.69) is 38.3 Å². The summed E-state index contributed by atoms with van der Waals surface area (Å²) in [6.45, 7) is 6.17. The van der Waals surface area contributed by atoms with Crippen molar-refractivity contribution in [2.75, 3.05) is 44.2 Å². The van der Waals surface area contributed by atoms with Crippen molar-refractivity contribution in [1.82, 2.24) is 15.2 Å². The molecule has 0 spiro atoms. The molecule has 1 aliphatic rings. The highest BCUT2D eigenvalue weighted by Crippen LogP contribution is 2.17. The Balaban J connectivity index is 1.10. The van der Waals surface area contributed by atoms with Crippen molar-refractivity contribution in [3.05, 3.63) is 82.7 Å². The number of ether oxygens (including phenoxy) is 1. The molecule has 172 valence electrons. The number of piperazine rings is 1. The maximum Gasteiger partial charge on any atom is 0.244 e. The smallest absolute Gasteiger partial charge is 0.244 e. The Morgan fingerprint density at radius 1 is 1.06 bits per heavy atom. The molecule has 0 atom stereocenters. The first-order chi connectivity index (χ1) is 16.3. The number of amides is 1. The molecular weight excluding hydrogens is 432 g/mol. The van der Waals surface area contributed by atoms with Crippen LogP contribution in [0.1, 0.15) is 16.9 Å². The van der Waals surface area contributed by atoms with E-state index in [4.69, 9.17) is 4.74 Å². The Morgan fingerprint density at radius 3 is 2.64 bits per heavy atom. The number of hydrogen-bond donors (Lipinski definition) is 1. The van der Waals surface area contributed by atoms with Crippen LogP contribution >= 0.6 is 11.3 Å². The highest BCUT2D eigenvalue weighted by atomic mass is 32.1. The minimum Gasteiger partial charge on any atom is -0.494 e. The van der Waals surface area contributed by atoms with E-state index >= 15 is 0 Å². The number of nitrogens with one attached hydrogen (secondary N) is 1. The van der Waals surface area contributed by atoms with Gasteiger partial charge in [0.2, 0.25) is 5.91 Å². The molecule has 0 bridgehead atoms. The lowest BCUT2D eigenvalue weighted by atomic mass is 10.2. The zero-order valence-electron chi connectivity index (χ0n) is 18.7. The lowest BCUT2D eigenvalue weighted by molar-refractivity contribution is -0.116. The first kappa shape index (κ1) is 23.0. The topological polar surface area (TPSA) is 57.7 Å². The Hall–Kier alpha value is -3.16. The van der Waals surface area contributed by atoms with Crippen molar-refractivity contribution >= 4 is 29.1 Å². The van der Waals surface area contributed by atoms with E-state index in [1.807, 2.05) is 54.1 Å². The van der Waals surface area contributed by atoms with Crippen LogP contribution in [0.5, 0.6) is 5.75 Å². The van der Waals surface area contributed by atoms with Crippen molar-refractivity contribution in [2.45, 2.75) is 13.0 Å². The number of thiophene rings is 1. The van der Waals surface area contributed by atoms with Crippen molar-refractivity contribution in [2.24, 2.45) is 0 Å². The summed E-state index contributed by atoms with van der Waals surface area (Å²) in [7, 11) is 0. The highest BCUT2D eigenvalue weighted by Gasteiger charge is 2.17. The Labute approximate surface area is 199 Å². The molecule has 4 rings (SSSR count). The first-order valence-corrected chi connectivity index (χ1v) is 12.2. The van der Waals surface area contributed by atoms with Crippen LogP contribution in [0.3, 0.4) is 0 Å². The summed E-state index contributed by atoms with van der Waals surface area (Å²) in [5.74, 6) is 1.85. The molecule has 1 aliphatic heterocycles. The van der Waals surface area contributed by atoms with Gasteiger partial charge < -0.3 is 15.0 Å². The number of hydrogen-bond acceptors (Lipinski definition) is 6. The number of anilines is 1. The fourth-order valence-corrected chi connectivity index (χ4v) is 4.32. The molecule has 1 aromatic carbocycles. The summed E-state index contributed by atoms with van der Waals surface area (Å²) in [6, 6.07) is 18.4.